The van der Waals surface area contributed by atoms with Crippen LogP contribution in [0.3, 0.4) is 0 Å². The van der Waals surface area contributed by atoms with Gasteiger partial charge < -0.3 is 24.2 Å². The molecule has 0 aliphatic carbocycles. The minimum atomic E-state index is -1.82. The van der Waals surface area contributed by atoms with Crippen LogP contribution in [0.2, 0.25) is 0 Å². The van der Waals surface area contributed by atoms with Crippen molar-refractivity contribution in [3.8, 4) is 11.5 Å². The number of methoxy groups -OCH3 is 1. The molecule has 1 rings (SSSR count). The number of rotatable bonds is 5. The van der Waals surface area contributed by atoms with Crippen LogP contribution in [-0.4, -0.2) is 31.3 Å². The molecule has 1 aromatic carbocycles. The van der Waals surface area contributed by atoms with Gasteiger partial charge in [0.15, 0.2) is 6.79 Å². The summed E-state index contributed by atoms with van der Waals surface area (Å²) in [7, 11) is -0.276. The second-order valence-electron chi connectivity index (χ2n) is 3.38. The lowest BCUT2D eigenvalue weighted by Gasteiger charge is -2.14. The van der Waals surface area contributed by atoms with Crippen LogP contribution in [0.1, 0.15) is 11.1 Å². The summed E-state index contributed by atoms with van der Waals surface area (Å²) in [5.74, 6) is 1.09. The Kier molecular flexibility index (Phi) is 4.60. The van der Waals surface area contributed by atoms with Crippen molar-refractivity contribution >= 4 is 7.32 Å². The van der Waals surface area contributed by atoms with E-state index in [0.717, 1.165) is 11.1 Å². The molecule has 0 saturated carbocycles. The Hall–Kier alpha value is -1.24. The van der Waals surface area contributed by atoms with E-state index in [1.807, 2.05) is 0 Å². The van der Waals surface area contributed by atoms with Crippen LogP contribution in [-0.2, 0) is 4.74 Å². The number of aryl methyl sites for hydroxylation is 2. The molecule has 16 heavy (non-hydrogen) atoms. The monoisotopic (exact) mass is 226 g/mol. The minimum Gasteiger partial charge on any atom is -0.512 e. The molecule has 1 aromatic rings. The fraction of sp³-hybridized carbons (Fsp3) is 0.400. The summed E-state index contributed by atoms with van der Waals surface area (Å²) in [6, 6.07) is 3.48. The molecule has 0 heterocycles. The Morgan fingerprint density at radius 1 is 1.19 bits per heavy atom. The summed E-state index contributed by atoms with van der Waals surface area (Å²) in [6.07, 6.45) is 0. The van der Waals surface area contributed by atoms with E-state index in [1.165, 1.54) is 0 Å². The lowest BCUT2D eigenvalue weighted by molar-refractivity contribution is 0.0510. The fourth-order valence-electron chi connectivity index (χ4n) is 1.41. The molecule has 0 radical (unpaired) electrons. The third kappa shape index (κ3) is 3.41. The summed E-state index contributed by atoms with van der Waals surface area (Å²) in [6.45, 7) is 3.76. The lowest BCUT2D eigenvalue weighted by atomic mass is 10.1. The SMILES string of the molecule is COCOc1cc(C)c(OB(O)O)c(C)c1. The highest BCUT2D eigenvalue weighted by Gasteiger charge is 2.15. The Morgan fingerprint density at radius 3 is 2.19 bits per heavy atom. The first kappa shape index (κ1) is 12.8. The van der Waals surface area contributed by atoms with Gasteiger partial charge in [0.1, 0.15) is 11.5 Å². The first-order valence-corrected chi connectivity index (χ1v) is 4.80. The van der Waals surface area contributed by atoms with Gasteiger partial charge in [-0.05, 0) is 37.1 Å². The molecule has 0 unspecified atom stereocenters. The van der Waals surface area contributed by atoms with E-state index >= 15 is 0 Å². The molecule has 0 spiro atoms. The maximum atomic E-state index is 8.75. The molecule has 0 aliphatic heterocycles. The quantitative estimate of drug-likeness (QED) is 0.569. The third-order valence-electron chi connectivity index (χ3n) is 2.00. The van der Waals surface area contributed by atoms with Crippen molar-refractivity contribution < 1.29 is 24.2 Å². The van der Waals surface area contributed by atoms with Crippen LogP contribution in [0.4, 0.5) is 0 Å². The van der Waals surface area contributed by atoms with Crippen LogP contribution in [0.5, 0.6) is 11.5 Å². The Balaban J connectivity index is 2.89. The van der Waals surface area contributed by atoms with Gasteiger partial charge in [-0.2, -0.15) is 0 Å². The Bertz CT molecular complexity index is 330. The second-order valence-corrected chi connectivity index (χ2v) is 3.38. The van der Waals surface area contributed by atoms with Gasteiger partial charge in [-0.1, -0.05) is 0 Å². The Morgan fingerprint density at radius 2 is 1.75 bits per heavy atom. The van der Waals surface area contributed by atoms with Crippen LogP contribution in [0.25, 0.3) is 0 Å². The highest BCUT2D eigenvalue weighted by Crippen LogP contribution is 2.28. The molecule has 0 aromatic heterocycles. The van der Waals surface area contributed by atoms with E-state index in [1.54, 1.807) is 33.1 Å². The van der Waals surface area contributed by atoms with Crippen molar-refractivity contribution in [2.75, 3.05) is 13.9 Å². The zero-order valence-corrected chi connectivity index (χ0v) is 9.56. The zero-order chi connectivity index (χ0) is 12.1. The van der Waals surface area contributed by atoms with E-state index in [4.69, 9.17) is 24.2 Å². The van der Waals surface area contributed by atoms with Crippen molar-refractivity contribution in [1.29, 1.82) is 0 Å². The van der Waals surface area contributed by atoms with Crippen LogP contribution >= 0.6 is 0 Å². The predicted octanol–water partition coefficient (Wildman–Crippen LogP) is 0.634. The van der Waals surface area contributed by atoms with Gasteiger partial charge >= 0.3 is 7.32 Å². The lowest BCUT2D eigenvalue weighted by Crippen LogP contribution is -2.21. The summed E-state index contributed by atoms with van der Waals surface area (Å²) in [4.78, 5) is 0. The minimum absolute atomic E-state index is 0.168. The standard InChI is InChI=1S/C10H15BO5/c1-7-4-9(15-6-14-3)5-8(2)10(7)16-11(12)13/h4-5,12-13H,6H2,1-3H3. The summed E-state index contributed by atoms with van der Waals surface area (Å²) in [5, 5.41) is 17.5. The van der Waals surface area contributed by atoms with Crippen molar-refractivity contribution in [1.82, 2.24) is 0 Å². The normalized spacial score (nSPS) is 10.1. The van der Waals surface area contributed by atoms with E-state index < -0.39 is 7.32 Å². The van der Waals surface area contributed by atoms with Gasteiger partial charge in [-0.3, -0.25) is 0 Å². The van der Waals surface area contributed by atoms with Gasteiger partial charge in [-0.25, -0.2) is 0 Å². The maximum Gasteiger partial charge on any atom is 0.707 e. The molecule has 2 N–H and O–H groups in total. The molecule has 6 heteroatoms. The summed E-state index contributed by atoms with van der Waals surface area (Å²) >= 11 is 0. The molecule has 0 atom stereocenters. The number of ether oxygens (including phenoxy) is 2. The molecular weight excluding hydrogens is 211 g/mol. The maximum absolute atomic E-state index is 8.75. The zero-order valence-electron chi connectivity index (χ0n) is 9.56. The van der Waals surface area contributed by atoms with Crippen molar-refractivity contribution in [3.05, 3.63) is 23.3 Å². The molecule has 0 fully saturated rings. The molecular formula is C10H15BO5. The number of hydrogen-bond acceptors (Lipinski definition) is 5. The first-order chi connectivity index (χ1) is 7.54. The van der Waals surface area contributed by atoms with Crippen LogP contribution < -0.4 is 9.39 Å². The first-order valence-electron chi connectivity index (χ1n) is 4.80. The largest absolute Gasteiger partial charge is 0.707 e. The van der Waals surface area contributed by atoms with Crippen LogP contribution in [0, 0.1) is 13.8 Å². The van der Waals surface area contributed by atoms with E-state index in [-0.39, 0.29) is 6.79 Å². The molecule has 5 nitrogen and oxygen atoms in total. The predicted molar refractivity (Wildman–Crippen MR) is 59.2 cm³/mol. The van der Waals surface area contributed by atoms with E-state index in [9.17, 15) is 0 Å². The summed E-state index contributed by atoms with van der Waals surface area (Å²) in [5.41, 5.74) is 1.53. The average molecular weight is 226 g/mol. The van der Waals surface area contributed by atoms with Gasteiger partial charge in [-0.15, -0.1) is 0 Å². The van der Waals surface area contributed by atoms with E-state index in [0.29, 0.717) is 11.5 Å². The molecule has 0 saturated heterocycles. The van der Waals surface area contributed by atoms with E-state index in [2.05, 4.69) is 0 Å². The van der Waals surface area contributed by atoms with Gasteiger partial charge in [0, 0.05) is 7.11 Å². The molecule has 88 valence electrons. The number of benzene rings is 1. The second kappa shape index (κ2) is 5.74. The highest BCUT2D eigenvalue weighted by molar-refractivity contribution is 6.33. The molecule has 0 aliphatic rings. The number of hydrogen-bond donors (Lipinski definition) is 2. The Labute approximate surface area is 94.7 Å². The highest BCUT2D eigenvalue weighted by atomic mass is 16.7. The van der Waals surface area contributed by atoms with Crippen LogP contribution in [0.15, 0.2) is 12.1 Å². The van der Waals surface area contributed by atoms with Gasteiger partial charge in [0.2, 0.25) is 0 Å². The van der Waals surface area contributed by atoms with Gasteiger partial charge in [0.05, 0.1) is 0 Å². The van der Waals surface area contributed by atoms with Crippen molar-refractivity contribution in [2.45, 2.75) is 13.8 Å². The summed E-state index contributed by atoms with van der Waals surface area (Å²) < 4.78 is 14.9. The third-order valence-corrected chi connectivity index (χ3v) is 2.00. The van der Waals surface area contributed by atoms with Crippen molar-refractivity contribution in [2.24, 2.45) is 0 Å². The topological polar surface area (TPSA) is 68.2 Å². The average Bonchev–Trinajstić information content (AvgIpc) is 2.20. The van der Waals surface area contributed by atoms with Crippen molar-refractivity contribution in [3.63, 3.8) is 0 Å². The fourth-order valence-corrected chi connectivity index (χ4v) is 1.41. The molecule has 0 bridgehead atoms. The molecule has 0 amide bonds. The smallest absolute Gasteiger partial charge is 0.512 e. The van der Waals surface area contributed by atoms with Gasteiger partial charge in [0.25, 0.3) is 0 Å².